The van der Waals surface area contributed by atoms with Crippen molar-refractivity contribution in [2.75, 3.05) is 18.0 Å². The Morgan fingerprint density at radius 2 is 2.24 bits per heavy atom. The SMILES string of the molecule is CCCC1(C(=O)O)CCN(c2c([N+](=O)[O-])c(C)nn2C)C1. The summed E-state index contributed by atoms with van der Waals surface area (Å²) in [7, 11) is 1.65. The lowest BCUT2D eigenvalue weighted by atomic mass is 9.83. The van der Waals surface area contributed by atoms with Crippen molar-refractivity contribution in [2.45, 2.75) is 33.1 Å². The molecule has 0 bridgehead atoms. The van der Waals surface area contributed by atoms with Gasteiger partial charge in [-0.3, -0.25) is 14.9 Å². The van der Waals surface area contributed by atoms with Crippen LogP contribution in [-0.4, -0.2) is 38.9 Å². The van der Waals surface area contributed by atoms with Crippen LogP contribution >= 0.6 is 0 Å². The topological polar surface area (TPSA) is 102 Å². The van der Waals surface area contributed by atoms with E-state index >= 15 is 0 Å². The van der Waals surface area contributed by atoms with Crippen LogP contribution in [0.25, 0.3) is 0 Å². The molecule has 1 saturated heterocycles. The fourth-order valence-electron chi connectivity index (χ4n) is 3.22. The Bertz CT molecular complexity index is 583. The molecule has 0 amide bonds. The van der Waals surface area contributed by atoms with Gasteiger partial charge in [-0.1, -0.05) is 13.3 Å². The van der Waals surface area contributed by atoms with Gasteiger partial charge in [-0.05, 0) is 19.8 Å². The first-order chi connectivity index (χ1) is 9.82. The molecule has 0 radical (unpaired) electrons. The van der Waals surface area contributed by atoms with Crippen LogP contribution < -0.4 is 4.90 Å². The standard InChI is InChI=1S/C13H20N4O4/c1-4-5-13(12(18)19)6-7-16(8-13)11-10(17(20)21)9(2)14-15(11)3/h4-8H2,1-3H3,(H,18,19). The zero-order chi connectivity index (χ0) is 15.8. The van der Waals surface area contributed by atoms with E-state index in [0.717, 1.165) is 6.42 Å². The molecule has 1 aromatic heterocycles. The van der Waals surface area contributed by atoms with E-state index in [1.807, 2.05) is 6.92 Å². The zero-order valence-electron chi connectivity index (χ0n) is 12.5. The number of rotatable bonds is 5. The van der Waals surface area contributed by atoms with Gasteiger partial charge in [0.1, 0.15) is 5.69 Å². The van der Waals surface area contributed by atoms with Crippen LogP contribution in [-0.2, 0) is 11.8 Å². The minimum atomic E-state index is -0.826. The lowest BCUT2D eigenvalue weighted by Gasteiger charge is -2.24. The Morgan fingerprint density at radius 3 is 2.76 bits per heavy atom. The third-order valence-corrected chi connectivity index (χ3v) is 4.18. The van der Waals surface area contributed by atoms with Crippen molar-refractivity contribution in [3.8, 4) is 0 Å². The summed E-state index contributed by atoms with van der Waals surface area (Å²) in [4.78, 5) is 24.2. The van der Waals surface area contributed by atoms with Crippen molar-refractivity contribution >= 4 is 17.5 Å². The molecule has 8 nitrogen and oxygen atoms in total. The number of aryl methyl sites for hydroxylation is 2. The van der Waals surface area contributed by atoms with Crippen LogP contribution in [0.15, 0.2) is 0 Å². The van der Waals surface area contributed by atoms with Crippen LogP contribution in [0.5, 0.6) is 0 Å². The molecule has 2 rings (SSSR count). The normalized spacial score (nSPS) is 21.8. The van der Waals surface area contributed by atoms with E-state index in [1.165, 1.54) is 4.68 Å². The van der Waals surface area contributed by atoms with E-state index in [1.54, 1.807) is 18.9 Å². The molecular formula is C13H20N4O4. The number of carboxylic acids is 1. The number of anilines is 1. The summed E-state index contributed by atoms with van der Waals surface area (Å²) in [5.74, 6) is -0.426. The third kappa shape index (κ3) is 2.45. The molecule has 116 valence electrons. The van der Waals surface area contributed by atoms with Crippen molar-refractivity contribution in [2.24, 2.45) is 12.5 Å². The minimum Gasteiger partial charge on any atom is -0.481 e. The number of aromatic nitrogens is 2. The molecule has 0 saturated carbocycles. The number of aliphatic carboxylic acids is 1. The smallest absolute Gasteiger partial charge is 0.333 e. The van der Waals surface area contributed by atoms with Crippen molar-refractivity contribution in [3.05, 3.63) is 15.8 Å². The first-order valence-corrected chi connectivity index (χ1v) is 6.98. The molecule has 1 aliphatic heterocycles. The summed E-state index contributed by atoms with van der Waals surface area (Å²) in [6.07, 6.45) is 1.84. The Morgan fingerprint density at radius 1 is 1.57 bits per heavy atom. The van der Waals surface area contributed by atoms with Crippen molar-refractivity contribution < 1.29 is 14.8 Å². The molecule has 21 heavy (non-hydrogen) atoms. The van der Waals surface area contributed by atoms with Gasteiger partial charge in [0.25, 0.3) is 0 Å². The van der Waals surface area contributed by atoms with Gasteiger partial charge in [0.05, 0.1) is 10.3 Å². The summed E-state index contributed by atoms with van der Waals surface area (Å²) in [5.41, 5.74) is -0.503. The summed E-state index contributed by atoms with van der Waals surface area (Å²) in [5, 5.41) is 24.9. The number of hydrogen-bond acceptors (Lipinski definition) is 5. The van der Waals surface area contributed by atoms with E-state index in [9.17, 15) is 20.0 Å². The largest absolute Gasteiger partial charge is 0.481 e. The molecule has 1 atom stereocenters. The zero-order valence-corrected chi connectivity index (χ0v) is 12.5. The highest BCUT2D eigenvalue weighted by atomic mass is 16.6. The summed E-state index contributed by atoms with van der Waals surface area (Å²) >= 11 is 0. The monoisotopic (exact) mass is 296 g/mol. The van der Waals surface area contributed by atoms with Crippen molar-refractivity contribution in [1.29, 1.82) is 0 Å². The highest BCUT2D eigenvalue weighted by Gasteiger charge is 2.46. The van der Waals surface area contributed by atoms with E-state index in [0.29, 0.717) is 30.9 Å². The average molecular weight is 296 g/mol. The van der Waals surface area contributed by atoms with Gasteiger partial charge in [-0.15, -0.1) is 0 Å². The van der Waals surface area contributed by atoms with Crippen LogP contribution in [0.4, 0.5) is 11.5 Å². The molecular weight excluding hydrogens is 276 g/mol. The second kappa shape index (κ2) is 5.34. The van der Waals surface area contributed by atoms with E-state index in [2.05, 4.69) is 5.10 Å². The quantitative estimate of drug-likeness (QED) is 0.655. The molecule has 1 aromatic rings. The first kappa shape index (κ1) is 15.3. The lowest BCUT2D eigenvalue weighted by molar-refractivity contribution is -0.384. The van der Waals surface area contributed by atoms with Gasteiger partial charge in [-0.2, -0.15) is 5.10 Å². The summed E-state index contributed by atoms with van der Waals surface area (Å²) < 4.78 is 1.47. The van der Waals surface area contributed by atoms with Crippen molar-refractivity contribution in [3.63, 3.8) is 0 Å². The summed E-state index contributed by atoms with van der Waals surface area (Å²) in [6.45, 7) is 4.32. The molecule has 1 unspecified atom stereocenters. The molecule has 0 aliphatic carbocycles. The van der Waals surface area contributed by atoms with Crippen LogP contribution in [0.1, 0.15) is 31.9 Å². The van der Waals surface area contributed by atoms with Crippen molar-refractivity contribution in [1.82, 2.24) is 9.78 Å². The number of nitro groups is 1. The Kier molecular flexibility index (Phi) is 3.89. The second-order valence-electron chi connectivity index (χ2n) is 5.65. The van der Waals surface area contributed by atoms with Crippen LogP contribution in [0.2, 0.25) is 0 Å². The maximum atomic E-state index is 11.6. The maximum absolute atomic E-state index is 11.6. The van der Waals surface area contributed by atoms with E-state index < -0.39 is 16.3 Å². The van der Waals surface area contributed by atoms with E-state index in [4.69, 9.17) is 0 Å². The highest BCUT2D eigenvalue weighted by molar-refractivity contribution is 5.77. The molecule has 8 heteroatoms. The summed E-state index contributed by atoms with van der Waals surface area (Å²) in [6, 6.07) is 0. The van der Waals surface area contributed by atoms with Gasteiger partial charge >= 0.3 is 11.7 Å². The first-order valence-electron chi connectivity index (χ1n) is 6.98. The number of hydrogen-bond donors (Lipinski definition) is 1. The van der Waals surface area contributed by atoms with E-state index in [-0.39, 0.29) is 12.2 Å². The van der Waals surface area contributed by atoms with Gasteiger partial charge in [0.2, 0.25) is 5.82 Å². The van der Waals surface area contributed by atoms with Gasteiger partial charge in [-0.25, -0.2) is 4.68 Å². The predicted molar refractivity (Wildman–Crippen MR) is 76.4 cm³/mol. The Hall–Kier alpha value is -2.12. The minimum absolute atomic E-state index is 0.0322. The Labute approximate surface area is 122 Å². The lowest BCUT2D eigenvalue weighted by Crippen LogP contribution is -2.35. The second-order valence-corrected chi connectivity index (χ2v) is 5.65. The third-order valence-electron chi connectivity index (χ3n) is 4.18. The molecule has 0 aromatic carbocycles. The molecule has 1 N–H and O–H groups in total. The molecule has 2 heterocycles. The predicted octanol–water partition coefficient (Wildman–Crippen LogP) is 1.72. The number of nitrogens with zero attached hydrogens (tertiary/aromatic N) is 4. The maximum Gasteiger partial charge on any atom is 0.333 e. The highest BCUT2D eigenvalue weighted by Crippen LogP contribution is 2.41. The fraction of sp³-hybridized carbons (Fsp3) is 0.692. The average Bonchev–Trinajstić information content (AvgIpc) is 2.91. The molecule has 0 spiro atoms. The number of carboxylic acid groups (broad SMARTS) is 1. The van der Waals surface area contributed by atoms with Gasteiger partial charge in [0.15, 0.2) is 0 Å². The van der Waals surface area contributed by atoms with Crippen LogP contribution in [0, 0.1) is 22.5 Å². The molecule has 1 fully saturated rings. The molecule has 1 aliphatic rings. The fourth-order valence-corrected chi connectivity index (χ4v) is 3.22. The Balaban J connectivity index is 2.38. The van der Waals surface area contributed by atoms with Gasteiger partial charge < -0.3 is 10.0 Å². The van der Waals surface area contributed by atoms with Crippen LogP contribution in [0.3, 0.4) is 0 Å². The van der Waals surface area contributed by atoms with Gasteiger partial charge in [0, 0.05) is 20.1 Å². The number of carbonyl (C=O) groups is 1.